The molecule has 1 saturated heterocycles. The number of hydrogen-bond acceptors (Lipinski definition) is 3. The number of nitrogens with one attached hydrogen (secondary N) is 1. The fourth-order valence-corrected chi connectivity index (χ4v) is 3.25. The quantitative estimate of drug-likeness (QED) is 0.791. The average Bonchev–Trinajstić information content (AvgIpc) is 2.77. The lowest BCUT2D eigenvalue weighted by Crippen LogP contribution is -2.59. The molecule has 2 rings (SSSR count). The molecule has 3 heteroatoms. The standard InChI is InChI=1S/C13H26N2O/c1-4-11-9-15(10(2)8-14-11)12-6-5-7-13(12)16-3/h10-14H,4-9H2,1-3H3. The van der Waals surface area contributed by atoms with Crippen LogP contribution in [0.3, 0.4) is 0 Å². The van der Waals surface area contributed by atoms with Crippen molar-refractivity contribution < 1.29 is 4.74 Å². The third kappa shape index (κ3) is 2.41. The van der Waals surface area contributed by atoms with Crippen molar-refractivity contribution in [3.05, 3.63) is 0 Å². The largest absolute Gasteiger partial charge is 0.380 e. The number of methoxy groups -OCH3 is 1. The molecule has 0 radical (unpaired) electrons. The molecule has 0 aromatic rings. The molecule has 1 heterocycles. The lowest BCUT2D eigenvalue weighted by atomic mass is 10.0. The van der Waals surface area contributed by atoms with Gasteiger partial charge in [0, 0.05) is 38.3 Å². The highest BCUT2D eigenvalue weighted by molar-refractivity contribution is 4.93. The van der Waals surface area contributed by atoms with E-state index in [1.807, 2.05) is 7.11 Å². The maximum Gasteiger partial charge on any atom is 0.0726 e. The Kier molecular flexibility index (Phi) is 4.22. The maximum atomic E-state index is 5.63. The molecule has 2 aliphatic rings. The number of ether oxygens (including phenoxy) is 1. The van der Waals surface area contributed by atoms with Crippen molar-refractivity contribution in [1.82, 2.24) is 10.2 Å². The van der Waals surface area contributed by atoms with E-state index in [0.29, 0.717) is 24.2 Å². The van der Waals surface area contributed by atoms with Gasteiger partial charge in [-0.15, -0.1) is 0 Å². The molecule has 1 aliphatic heterocycles. The average molecular weight is 226 g/mol. The molecule has 1 N–H and O–H groups in total. The zero-order chi connectivity index (χ0) is 11.5. The minimum Gasteiger partial charge on any atom is -0.380 e. The zero-order valence-corrected chi connectivity index (χ0v) is 10.9. The van der Waals surface area contributed by atoms with Crippen molar-refractivity contribution in [1.29, 1.82) is 0 Å². The Morgan fingerprint density at radius 2 is 2.19 bits per heavy atom. The van der Waals surface area contributed by atoms with E-state index >= 15 is 0 Å². The SMILES string of the molecule is CCC1CN(C2CCCC2OC)C(C)CN1. The van der Waals surface area contributed by atoms with E-state index < -0.39 is 0 Å². The van der Waals surface area contributed by atoms with Crippen LogP contribution in [-0.2, 0) is 4.74 Å². The summed E-state index contributed by atoms with van der Waals surface area (Å²) in [5.74, 6) is 0. The van der Waals surface area contributed by atoms with Gasteiger partial charge in [0.2, 0.25) is 0 Å². The first-order chi connectivity index (χ1) is 7.76. The zero-order valence-electron chi connectivity index (χ0n) is 10.9. The van der Waals surface area contributed by atoms with E-state index in [-0.39, 0.29) is 0 Å². The second kappa shape index (κ2) is 5.48. The molecule has 0 amide bonds. The molecule has 0 aromatic heterocycles. The lowest BCUT2D eigenvalue weighted by Gasteiger charge is -2.43. The topological polar surface area (TPSA) is 24.5 Å². The molecule has 4 unspecified atom stereocenters. The molecule has 0 spiro atoms. The van der Waals surface area contributed by atoms with Crippen molar-refractivity contribution in [3.8, 4) is 0 Å². The summed E-state index contributed by atoms with van der Waals surface area (Å²) in [4.78, 5) is 2.69. The van der Waals surface area contributed by atoms with E-state index in [9.17, 15) is 0 Å². The first-order valence-corrected chi connectivity index (χ1v) is 6.78. The molecule has 94 valence electrons. The minimum atomic E-state index is 0.470. The van der Waals surface area contributed by atoms with E-state index in [1.54, 1.807) is 0 Å². The summed E-state index contributed by atoms with van der Waals surface area (Å²) in [5, 5.41) is 3.62. The van der Waals surface area contributed by atoms with Crippen molar-refractivity contribution in [3.63, 3.8) is 0 Å². The molecule has 0 bridgehead atoms. The summed E-state index contributed by atoms with van der Waals surface area (Å²) in [6.07, 6.45) is 5.59. The van der Waals surface area contributed by atoms with E-state index in [2.05, 4.69) is 24.1 Å². The monoisotopic (exact) mass is 226 g/mol. The maximum absolute atomic E-state index is 5.63. The second-order valence-electron chi connectivity index (χ2n) is 5.33. The first kappa shape index (κ1) is 12.3. The van der Waals surface area contributed by atoms with Crippen LogP contribution in [0.5, 0.6) is 0 Å². The highest BCUT2D eigenvalue weighted by atomic mass is 16.5. The predicted molar refractivity (Wildman–Crippen MR) is 66.7 cm³/mol. The summed E-state index contributed by atoms with van der Waals surface area (Å²) in [5.41, 5.74) is 0. The van der Waals surface area contributed by atoms with Crippen LogP contribution < -0.4 is 5.32 Å². The van der Waals surface area contributed by atoms with Crippen LogP contribution in [0.4, 0.5) is 0 Å². The van der Waals surface area contributed by atoms with Crippen LogP contribution in [0.1, 0.15) is 39.5 Å². The van der Waals surface area contributed by atoms with Gasteiger partial charge in [-0.25, -0.2) is 0 Å². The molecule has 0 aromatic carbocycles. The summed E-state index contributed by atoms with van der Waals surface area (Å²) >= 11 is 0. The molecule has 2 fully saturated rings. The Hall–Kier alpha value is -0.120. The van der Waals surface area contributed by atoms with Crippen LogP contribution in [0.15, 0.2) is 0 Å². The van der Waals surface area contributed by atoms with Crippen LogP contribution >= 0.6 is 0 Å². The van der Waals surface area contributed by atoms with Gasteiger partial charge in [0.15, 0.2) is 0 Å². The smallest absolute Gasteiger partial charge is 0.0726 e. The van der Waals surface area contributed by atoms with E-state index in [1.165, 1.54) is 32.2 Å². The number of piperazine rings is 1. The van der Waals surface area contributed by atoms with Gasteiger partial charge >= 0.3 is 0 Å². The normalized spacial score (nSPS) is 41.4. The summed E-state index contributed by atoms with van der Waals surface area (Å²) in [6.45, 7) is 6.94. The number of nitrogens with zero attached hydrogens (tertiary/aromatic N) is 1. The molecule has 3 nitrogen and oxygen atoms in total. The highest BCUT2D eigenvalue weighted by Gasteiger charge is 2.37. The van der Waals surface area contributed by atoms with Crippen molar-refractivity contribution in [2.75, 3.05) is 20.2 Å². The highest BCUT2D eigenvalue weighted by Crippen LogP contribution is 2.29. The fourth-order valence-electron chi connectivity index (χ4n) is 3.25. The Morgan fingerprint density at radius 3 is 2.88 bits per heavy atom. The Labute approximate surface area is 99.5 Å². The summed E-state index contributed by atoms with van der Waals surface area (Å²) < 4.78 is 5.63. The van der Waals surface area contributed by atoms with Gasteiger partial charge < -0.3 is 10.1 Å². The molecular weight excluding hydrogens is 200 g/mol. The summed E-state index contributed by atoms with van der Waals surface area (Å²) in [7, 11) is 1.87. The van der Waals surface area contributed by atoms with Crippen molar-refractivity contribution >= 4 is 0 Å². The van der Waals surface area contributed by atoms with Crippen LogP contribution in [0.2, 0.25) is 0 Å². The Balaban J connectivity index is 2.00. The van der Waals surface area contributed by atoms with E-state index in [0.717, 1.165) is 6.54 Å². The van der Waals surface area contributed by atoms with E-state index in [4.69, 9.17) is 4.74 Å². The van der Waals surface area contributed by atoms with Gasteiger partial charge in [0.05, 0.1) is 6.10 Å². The Bertz CT molecular complexity index is 222. The van der Waals surface area contributed by atoms with Crippen molar-refractivity contribution in [2.45, 2.75) is 63.8 Å². The predicted octanol–water partition coefficient (Wildman–Crippen LogP) is 1.63. The van der Waals surface area contributed by atoms with Crippen LogP contribution in [0.25, 0.3) is 0 Å². The molecule has 1 saturated carbocycles. The van der Waals surface area contributed by atoms with Crippen LogP contribution in [-0.4, -0.2) is 49.3 Å². The molecule has 16 heavy (non-hydrogen) atoms. The van der Waals surface area contributed by atoms with Gasteiger partial charge in [0.25, 0.3) is 0 Å². The van der Waals surface area contributed by atoms with Gasteiger partial charge in [0.1, 0.15) is 0 Å². The first-order valence-electron chi connectivity index (χ1n) is 6.78. The molecule has 4 atom stereocenters. The molecular formula is C13H26N2O. The van der Waals surface area contributed by atoms with Gasteiger partial charge in [-0.3, -0.25) is 4.90 Å². The summed E-state index contributed by atoms with van der Waals surface area (Å²) in [6, 6.07) is 1.99. The third-order valence-electron chi connectivity index (χ3n) is 4.34. The third-order valence-corrected chi connectivity index (χ3v) is 4.34. The fraction of sp³-hybridized carbons (Fsp3) is 1.00. The van der Waals surface area contributed by atoms with Crippen molar-refractivity contribution in [2.24, 2.45) is 0 Å². The number of hydrogen-bond donors (Lipinski definition) is 1. The van der Waals surface area contributed by atoms with Gasteiger partial charge in [-0.05, 0) is 32.6 Å². The van der Waals surface area contributed by atoms with Gasteiger partial charge in [-0.1, -0.05) is 6.92 Å². The van der Waals surface area contributed by atoms with Crippen LogP contribution in [0, 0.1) is 0 Å². The lowest BCUT2D eigenvalue weighted by molar-refractivity contribution is 0.000370. The number of rotatable bonds is 3. The van der Waals surface area contributed by atoms with Gasteiger partial charge in [-0.2, -0.15) is 0 Å². The minimum absolute atomic E-state index is 0.470. The molecule has 1 aliphatic carbocycles. The Morgan fingerprint density at radius 1 is 1.38 bits per heavy atom. The second-order valence-corrected chi connectivity index (χ2v) is 5.33.